The van der Waals surface area contributed by atoms with Crippen LogP contribution in [0.1, 0.15) is 38.6 Å². The molecule has 8 nitrogen and oxygen atoms in total. The first-order valence-corrected chi connectivity index (χ1v) is 5.64. The van der Waals surface area contributed by atoms with E-state index in [9.17, 15) is 14.7 Å². The Morgan fingerprint density at radius 3 is 2.67 bits per heavy atom. The van der Waals surface area contributed by atoms with Crippen molar-refractivity contribution in [2.45, 2.75) is 32.9 Å². The summed E-state index contributed by atoms with van der Waals surface area (Å²) in [6, 6.07) is -1.24. The third-order valence-electron chi connectivity index (χ3n) is 2.31. The van der Waals surface area contributed by atoms with E-state index in [1.807, 2.05) is 0 Å². The van der Waals surface area contributed by atoms with Crippen LogP contribution in [0.4, 0.5) is 4.79 Å². The van der Waals surface area contributed by atoms with Gasteiger partial charge in [0.25, 0.3) is 5.91 Å². The summed E-state index contributed by atoms with van der Waals surface area (Å²) in [6.07, 6.45) is 0.713. The van der Waals surface area contributed by atoms with Gasteiger partial charge in [-0.15, -0.1) is 5.10 Å². The molecule has 1 heterocycles. The lowest BCUT2D eigenvalue weighted by molar-refractivity contribution is -0.123. The largest absolute Gasteiger partial charge is 0.387 e. The van der Waals surface area contributed by atoms with Crippen LogP contribution in [0.25, 0.3) is 0 Å². The Morgan fingerprint density at radius 1 is 1.50 bits per heavy atom. The summed E-state index contributed by atoms with van der Waals surface area (Å²) >= 11 is 0. The highest BCUT2D eigenvalue weighted by molar-refractivity contribution is 5.95. The molecule has 1 aromatic heterocycles. The van der Waals surface area contributed by atoms with Gasteiger partial charge in [-0.25, -0.2) is 9.48 Å². The van der Waals surface area contributed by atoms with Crippen LogP contribution in [0.15, 0.2) is 6.20 Å². The lowest BCUT2D eigenvalue weighted by Gasteiger charge is -2.11. The molecule has 18 heavy (non-hydrogen) atoms. The Kier molecular flexibility index (Phi) is 4.78. The van der Waals surface area contributed by atoms with Crippen LogP contribution in [0, 0.1) is 0 Å². The van der Waals surface area contributed by atoms with Gasteiger partial charge in [-0.3, -0.25) is 10.1 Å². The number of rotatable bonds is 4. The molecule has 1 rings (SSSR count). The number of hydrogen-bond acceptors (Lipinski definition) is 5. The molecule has 0 bridgehead atoms. The van der Waals surface area contributed by atoms with Crippen molar-refractivity contribution in [3.63, 3.8) is 0 Å². The van der Waals surface area contributed by atoms with E-state index in [0.29, 0.717) is 12.2 Å². The lowest BCUT2D eigenvalue weighted by atomic mass is 10.3. The van der Waals surface area contributed by atoms with Gasteiger partial charge >= 0.3 is 6.03 Å². The summed E-state index contributed by atoms with van der Waals surface area (Å²) in [7, 11) is 0. The van der Waals surface area contributed by atoms with E-state index >= 15 is 0 Å². The lowest BCUT2D eigenvalue weighted by Crippen LogP contribution is -2.42. The smallest absolute Gasteiger partial charge is 0.321 e. The second kappa shape index (κ2) is 6.10. The quantitative estimate of drug-likeness (QED) is 0.686. The second-order valence-electron chi connectivity index (χ2n) is 3.82. The molecule has 0 aliphatic carbocycles. The first kappa shape index (κ1) is 14.1. The van der Waals surface area contributed by atoms with Crippen LogP contribution in [0.2, 0.25) is 0 Å². The predicted molar refractivity (Wildman–Crippen MR) is 62.6 cm³/mol. The zero-order valence-corrected chi connectivity index (χ0v) is 10.5. The number of aliphatic hydroxyl groups excluding tert-OH is 1. The topological polar surface area (TPSA) is 109 Å². The van der Waals surface area contributed by atoms with Crippen molar-refractivity contribution < 1.29 is 14.7 Å². The fraction of sp³-hybridized carbons (Fsp3) is 0.600. The van der Waals surface area contributed by atoms with Crippen LogP contribution in [-0.4, -0.2) is 38.6 Å². The van der Waals surface area contributed by atoms with Crippen LogP contribution in [0.5, 0.6) is 0 Å². The molecule has 0 aromatic carbocycles. The molecular weight excluding hydrogens is 238 g/mol. The van der Waals surface area contributed by atoms with E-state index in [4.69, 9.17) is 0 Å². The number of aromatic nitrogens is 3. The number of carbonyl (C=O) groups excluding carboxylic acids is 2. The maximum Gasteiger partial charge on any atom is 0.321 e. The Hall–Kier alpha value is -1.96. The fourth-order valence-corrected chi connectivity index (χ4v) is 1.21. The van der Waals surface area contributed by atoms with E-state index in [1.165, 1.54) is 10.9 Å². The van der Waals surface area contributed by atoms with Gasteiger partial charge in [0.2, 0.25) is 0 Å². The third-order valence-corrected chi connectivity index (χ3v) is 2.31. The fourth-order valence-electron chi connectivity index (χ4n) is 1.21. The molecule has 0 fully saturated rings. The summed E-state index contributed by atoms with van der Waals surface area (Å²) in [5.74, 6) is -0.497. The van der Waals surface area contributed by atoms with Crippen molar-refractivity contribution in [2.24, 2.45) is 0 Å². The Bertz CT molecular complexity index is 429. The summed E-state index contributed by atoms with van der Waals surface area (Å²) in [5, 5.41) is 21.4. The van der Waals surface area contributed by atoms with Crippen molar-refractivity contribution in [2.75, 3.05) is 6.54 Å². The molecule has 8 heteroatoms. The van der Waals surface area contributed by atoms with Crippen molar-refractivity contribution in [1.82, 2.24) is 25.6 Å². The van der Waals surface area contributed by atoms with Crippen LogP contribution in [0.3, 0.4) is 0 Å². The molecule has 3 amide bonds. The summed E-state index contributed by atoms with van der Waals surface area (Å²) in [4.78, 5) is 22.9. The van der Waals surface area contributed by atoms with Crippen molar-refractivity contribution in [3.05, 3.63) is 11.9 Å². The van der Waals surface area contributed by atoms with Gasteiger partial charge in [0, 0.05) is 6.54 Å². The number of imide groups is 1. The Morgan fingerprint density at radius 2 is 2.17 bits per heavy atom. The number of carbonyl (C=O) groups is 2. The maximum atomic E-state index is 11.7. The van der Waals surface area contributed by atoms with E-state index in [-0.39, 0.29) is 0 Å². The zero-order valence-electron chi connectivity index (χ0n) is 10.5. The van der Waals surface area contributed by atoms with Gasteiger partial charge in [-0.2, -0.15) is 0 Å². The molecule has 0 saturated carbocycles. The van der Waals surface area contributed by atoms with E-state index in [0.717, 1.165) is 0 Å². The van der Waals surface area contributed by atoms with Gasteiger partial charge in [0.1, 0.15) is 11.7 Å². The Balaban J connectivity index is 2.65. The normalized spacial score (nSPS) is 13.8. The van der Waals surface area contributed by atoms with Crippen LogP contribution in [-0.2, 0) is 4.79 Å². The number of nitrogens with zero attached hydrogens (tertiary/aromatic N) is 3. The summed E-state index contributed by atoms with van der Waals surface area (Å²) in [6.45, 7) is 5.31. The molecule has 0 aliphatic rings. The minimum atomic E-state index is -0.752. The minimum absolute atomic E-state index is 0.368. The number of nitrogens with one attached hydrogen (secondary N) is 2. The van der Waals surface area contributed by atoms with Crippen LogP contribution < -0.4 is 10.6 Å². The molecule has 0 aliphatic heterocycles. The molecule has 3 N–H and O–H groups in total. The van der Waals surface area contributed by atoms with E-state index < -0.39 is 24.1 Å². The molecule has 2 unspecified atom stereocenters. The van der Waals surface area contributed by atoms with Gasteiger partial charge in [0.15, 0.2) is 0 Å². The number of amides is 3. The number of hydrogen-bond donors (Lipinski definition) is 3. The molecule has 0 saturated heterocycles. The second-order valence-corrected chi connectivity index (χ2v) is 3.82. The highest BCUT2D eigenvalue weighted by Gasteiger charge is 2.19. The van der Waals surface area contributed by atoms with E-state index in [1.54, 1.807) is 20.8 Å². The molecule has 0 radical (unpaired) electrons. The Labute approximate surface area is 104 Å². The highest BCUT2D eigenvalue weighted by atomic mass is 16.3. The van der Waals surface area contributed by atoms with Gasteiger partial charge in [-0.05, 0) is 20.8 Å². The SMILES string of the molecule is CCNC(=O)NC(=O)C(C)n1cc(C(C)O)nn1. The highest BCUT2D eigenvalue weighted by Crippen LogP contribution is 2.10. The van der Waals surface area contributed by atoms with Gasteiger partial charge < -0.3 is 10.4 Å². The molecular formula is C10H17N5O3. The van der Waals surface area contributed by atoms with Crippen molar-refractivity contribution in [3.8, 4) is 0 Å². The standard InChI is InChI=1S/C10H17N5O3/c1-4-11-10(18)12-9(17)6(2)15-5-8(7(3)16)13-14-15/h5-7,16H,4H2,1-3H3,(H2,11,12,17,18). The monoisotopic (exact) mass is 255 g/mol. The molecule has 1 aromatic rings. The van der Waals surface area contributed by atoms with E-state index in [2.05, 4.69) is 20.9 Å². The van der Waals surface area contributed by atoms with Crippen molar-refractivity contribution in [1.29, 1.82) is 0 Å². The third kappa shape index (κ3) is 3.52. The van der Waals surface area contributed by atoms with Crippen molar-refractivity contribution >= 4 is 11.9 Å². The first-order valence-electron chi connectivity index (χ1n) is 5.64. The molecule has 100 valence electrons. The zero-order chi connectivity index (χ0) is 13.7. The maximum absolute atomic E-state index is 11.7. The van der Waals surface area contributed by atoms with Crippen LogP contribution >= 0.6 is 0 Å². The average Bonchev–Trinajstić information content (AvgIpc) is 2.77. The average molecular weight is 255 g/mol. The predicted octanol–water partition coefficient (Wildman–Crippen LogP) is -0.262. The molecule has 2 atom stereocenters. The molecule has 0 spiro atoms. The summed E-state index contributed by atoms with van der Waals surface area (Å²) < 4.78 is 1.29. The minimum Gasteiger partial charge on any atom is -0.387 e. The first-order chi connectivity index (χ1) is 8.45. The van der Waals surface area contributed by atoms with Gasteiger partial charge in [-0.1, -0.05) is 5.21 Å². The number of urea groups is 1. The van der Waals surface area contributed by atoms with Gasteiger partial charge in [0.05, 0.1) is 12.3 Å². The summed E-state index contributed by atoms with van der Waals surface area (Å²) in [5.41, 5.74) is 0.368. The number of aliphatic hydroxyl groups is 1.